The largest absolute Gasteiger partial charge is 0.356 e. The minimum absolute atomic E-state index is 0.572. The Morgan fingerprint density at radius 2 is 1.85 bits per heavy atom. The third kappa shape index (κ3) is 3.85. The van der Waals surface area contributed by atoms with Crippen LogP contribution < -0.4 is 0 Å². The lowest BCUT2D eigenvalue weighted by Gasteiger charge is -2.03. The van der Waals surface area contributed by atoms with Crippen molar-refractivity contribution in [3.05, 3.63) is 76.0 Å². The Balaban J connectivity index is 1.58. The third-order valence-electron chi connectivity index (χ3n) is 4.46. The predicted octanol–water partition coefficient (Wildman–Crippen LogP) is 5.28. The van der Waals surface area contributed by atoms with Gasteiger partial charge in [0.05, 0.1) is 6.54 Å². The summed E-state index contributed by atoms with van der Waals surface area (Å²) in [7, 11) is 0. The maximum Gasteiger partial charge on any atom is 0.203 e. The fraction of sp³-hybridized carbons (Fsp3) is 0.190. The lowest BCUT2D eigenvalue weighted by molar-refractivity contribution is 0.434. The number of benzene rings is 2. The van der Waals surface area contributed by atoms with Crippen molar-refractivity contribution in [2.45, 2.75) is 26.8 Å². The number of aromatic nitrogens is 4. The van der Waals surface area contributed by atoms with Crippen molar-refractivity contribution in [1.29, 1.82) is 0 Å². The van der Waals surface area contributed by atoms with Crippen LogP contribution >= 0.6 is 15.9 Å². The van der Waals surface area contributed by atoms with E-state index >= 15 is 0 Å². The Hall–Kier alpha value is -2.73. The van der Waals surface area contributed by atoms with Crippen LogP contribution in [0.5, 0.6) is 0 Å². The van der Waals surface area contributed by atoms with Gasteiger partial charge in [-0.2, -0.15) is 0 Å². The van der Waals surface area contributed by atoms with Gasteiger partial charge in [0.25, 0.3) is 0 Å². The maximum atomic E-state index is 5.52. The molecule has 0 atom stereocenters. The molecule has 0 amide bonds. The molecule has 2 aromatic heterocycles. The Morgan fingerprint density at radius 3 is 2.59 bits per heavy atom. The molecule has 0 saturated carbocycles. The quantitative estimate of drug-likeness (QED) is 0.438. The topological polar surface area (TPSA) is 56.7 Å². The van der Waals surface area contributed by atoms with Gasteiger partial charge >= 0.3 is 0 Å². The van der Waals surface area contributed by atoms with Gasteiger partial charge in [-0.1, -0.05) is 64.4 Å². The number of halogens is 1. The summed E-state index contributed by atoms with van der Waals surface area (Å²) in [4.78, 5) is 4.55. The molecule has 0 saturated heterocycles. The SMILES string of the molecule is CCc1ccc(-c2cc(-c3nc(C)n(Cc4cccc(Br)c4)n3)no2)cc1. The summed E-state index contributed by atoms with van der Waals surface area (Å²) < 4.78 is 8.44. The van der Waals surface area contributed by atoms with Crippen LogP contribution in [0.25, 0.3) is 22.8 Å². The van der Waals surface area contributed by atoms with Crippen molar-refractivity contribution in [3.8, 4) is 22.8 Å². The monoisotopic (exact) mass is 422 g/mol. The van der Waals surface area contributed by atoms with E-state index in [2.05, 4.69) is 62.4 Å². The highest BCUT2D eigenvalue weighted by molar-refractivity contribution is 9.10. The second-order valence-electron chi connectivity index (χ2n) is 6.40. The number of rotatable bonds is 5. The van der Waals surface area contributed by atoms with Crippen molar-refractivity contribution in [3.63, 3.8) is 0 Å². The van der Waals surface area contributed by atoms with Gasteiger partial charge in [-0.15, -0.1) is 5.10 Å². The molecule has 0 aliphatic rings. The highest BCUT2D eigenvalue weighted by Gasteiger charge is 2.14. The zero-order chi connectivity index (χ0) is 18.8. The van der Waals surface area contributed by atoms with E-state index in [1.54, 1.807) is 0 Å². The molecule has 0 bridgehead atoms. The number of nitrogens with zero attached hydrogens (tertiary/aromatic N) is 4. The lowest BCUT2D eigenvalue weighted by Crippen LogP contribution is -2.04. The average molecular weight is 423 g/mol. The van der Waals surface area contributed by atoms with Crippen LogP contribution in [0.1, 0.15) is 23.9 Å². The number of hydrogen-bond donors (Lipinski definition) is 0. The molecule has 0 radical (unpaired) electrons. The normalized spacial score (nSPS) is 11.1. The second-order valence-corrected chi connectivity index (χ2v) is 7.31. The van der Waals surface area contributed by atoms with E-state index in [-0.39, 0.29) is 0 Å². The Kier molecular flexibility index (Phi) is 4.90. The van der Waals surface area contributed by atoms with Gasteiger partial charge in [-0.3, -0.25) is 0 Å². The Morgan fingerprint density at radius 1 is 1.04 bits per heavy atom. The van der Waals surface area contributed by atoms with Gasteiger partial charge in [0.1, 0.15) is 5.82 Å². The molecule has 0 N–H and O–H groups in total. The first-order valence-corrected chi connectivity index (χ1v) is 9.64. The summed E-state index contributed by atoms with van der Waals surface area (Å²) >= 11 is 3.50. The molecule has 4 aromatic rings. The summed E-state index contributed by atoms with van der Waals surface area (Å²) in [6, 6.07) is 18.4. The first kappa shape index (κ1) is 17.7. The van der Waals surface area contributed by atoms with E-state index in [1.807, 2.05) is 41.9 Å². The minimum atomic E-state index is 0.572. The van der Waals surface area contributed by atoms with Crippen molar-refractivity contribution >= 4 is 15.9 Å². The zero-order valence-corrected chi connectivity index (χ0v) is 16.8. The molecule has 0 fully saturated rings. The molecule has 0 spiro atoms. The molecule has 27 heavy (non-hydrogen) atoms. The second kappa shape index (κ2) is 7.48. The molecule has 2 heterocycles. The van der Waals surface area contributed by atoms with Crippen LogP contribution in [0, 0.1) is 6.92 Å². The van der Waals surface area contributed by atoms with E-state index in [1.165, 1.54) is 5.56 Å². The van der Waals surface area contributed by atoms with E-state index in [0.717, 1.165) is 27.8 Å². The molecular formula is C21H19BrN4O. The molecular weight excluding hydrogens is 404 g/mol. The molecule has 4 rings (SSSR count). The van der Waals surface area contributed by atoms with Crippen LogP contribution in [0.15, 0.2) is 63.6 Å². The van der Waals surface area contributed by atoms with Crippen molar-refractivity contribution in [2.24, 2.45) is 0 Å². The lowest BCUT2D eigenvalue weighted by atomic mass is 10.1. The van der Waals surface area contributed by atoms with E-state index < -0.39 is 0 Å². The molecule has 0 unspecified atom stereocenters. The molecule has 2 aromatic carbocycles. The van der Waals surface area contributed by atoms with E-state index in [9.17, 15) is 0 Å². The van der Waals surface area contributed by atoms with Crippen molar-refractivity contribution in [2.75, 3.05) is 0 Å². The van der Waals surface area contributed by atoms with Gasteiger partial charge in [0, 0.05) is 16.1 Å². The van der Waals surface area contributed by atoms with Crippen LogP contribution in [0.3, 0.4) is 0 Å². The Labute approximate surface area is 166 Å². The van der Waals surface area contributed by atoms with Crippen molar-refractivity contribution in [1.82, 2.24) is 19.9 Å². The molecule has 0 aliphatic heterocycles. The first-order valence-electron chi connectivity index (χ1n) is 8.84. The van der Waals surface area contributed by atoms with Gasteiger partial charge in [0.15, 0.2) is 11.5 Å². The number of hydrogen-bond acceptors (Lipinski definition) is 4. The van der Waals surface area contributed by atoms with Crippen LogP contribution in [0.2, 0.25) is 0 Å². The summed E-state index contributed by atoms with van der Waals surface area (Å²) in [5, 5.41) is 8.77. The minimum Gasteiger partial charge on any atom is -0.356 e. The standard InChI is InChI=1S/C21H19BrN4O/c1-3-15-7-9-17(10-8-15)20-12-19(25-27-20)21-23-14(2)26(24-21)13-16-5-4-6-18(22)11-16/h4-12H,3,13H2,1-2H3. The number of aryl methyl sites for hydroxylation is 2. The fourth-order valence-electron chi connectivity index (χ4n) is 2.91. The van der Waals surface area contributed by atoms with Crippen LogP contribution in [0.4, 0.5) is 0 Å². The maximum absolute atomic E-state index is 5.52. The highest BCUT2D eigenvalue weighted by atomic mass is 79.9. The zero-order valence-electron chi connectivity index (χ0n) is 15.2. The third-order valence-corrected chi connectivity index (χ3v) is 4.96. The highest BCUT2D eigenvalue weighted by Crippen LogP contribution is 2.25. The summed E-state index contributed by atoms with van der Waals surface area (Å²) in [6.07, 6.45) is 1.01. The summed E-state index contributed by atoms with van der Waals surface area (Å²) in [5.74, 6) is 2.12. The van der Waals surface area contributed by atoms with Gasteiger partial charge in [-0.25, -0.2) is 9.67 Å². The van der Waals surface area contributed by atoms with Gasteiger partial charge < -0.3 is 4.52 Å². The summed E-state index contributed by atoms with van der Waals surface area (Å²) in [6.45, 7) is 4.74. The molecule has 0 aliphatic carbocycles. The Bertz CT molecular complexity index is 1070. The smallest absolute Gasteiger partial charge is 0.203 e. The van der Waals surface area contributed by atoms with Crippen LogP contribution in [-0.4, -0.2) is 19.9 Å². The summed E-state index contributed by atoms with van der Waals surface area (Å²) in [5.41, 5.74) is 4.08. The van der Waals surface area contributed by atoms with Crippen molar-refractivity contribution < 1.29 is 4.52 Å². The molecule has 6 heteroatoms. The van der Waals surface area contributed by atoms with Crippen LogP contribution in [-0.2, 0) is 13.0 Å². The van der Waals surface area contributed by atoms with Gasteiger partial charge in [-0.05, 0) is 36.6 Å². The molecule has 5 nitrogen and oxygen atoms in total. The fourth-order valence-corrected chi connectivity index (χ4v) is 3.35. The average Bonchev–Trinajstić information content (AvgIpc) is 3.29. The molecule has 136 valence electrons. The van der Waals surface area contributed by atoms with E-state index in [4.69, 9.17) is 4.52 Å². The van der Waals surface area contributed by atoms with E-state index in [0.29, 0.717) is 23.8 Å². The predicted molar refractivity (Wildman–Crippen MR) is 108 cm³/mol. The first-order chi connectivity index (χ1) is 13.1. The van der Waals surface area contributed by atoms with Gasteiger partial charge in [0.2, 0.25) is 5.82 Å².